The monoisotopic (exact) mass is 253 g/mol. The Morgan fingerprint density at radius 1 is 1.29 bits per heavy atom. The smallest absolute Gasteiger partial charge is 0.242 e. The predicted molar refractivity (Wildman–Crippen MR) is 72.1 cm³/mol. The zero-order valence-corrected chi connectivity index (χ0v) is 11.2. The Balaban J connectivity index is 2.33. The normalized spacial score (nSPS) is 12.5. The highest BCUT2D eigenvalue weighted by Crippen LogP contribution is 2.19. The maximum absolute atomic E-state index is 11.7. The summed E-state index contributed by atoms with van der Waals surface area (Å²) in [7, 11) is 0. The van der Waals surface area contributed by atoms with E-state index in [0.29, 0.717) is 12.5 Å². The lowest BCUT2D eigenvalue weighted by molar-refractivity contribution is -0.120. The van der Waals surface area contributed by atoms with Crippen molar-refractivity contribution in [3.8, 4) is 0 Å². The molecule has 0 aliphatic carbocycles. The van der Waals surface area contributed by atoms with Crippen LogP contribution < -0.4 is 5.32 Å². The van der Waals surface area contributed by atoms with E-state index in [2.05, 4.69) is 19.2 Å². The van der Waals surface area contributed by atoms with Crippen LogP contribution in [0.15, 0.2) is 30.3 Å². The zero-order valence-electron chi connectivity index (χ0n) is 10.4. The van der Waals surface area contributed by atoms with E-state index in [1.807, 2.05) is 30.3 Å². The van der Waals surface area contributed by atoms with E-state index in [9.17, 15) is 4.79 Å². The van der Waals surface area contributed by atoms with Crippen LogP contribution in [0.25, 0.3) is 0 Å². The molecule has 0 fully saturated rings. The van der Waals surface area contributed by atoms with Crippen LogP contribution in [0.5, 0.6) is 0 Å². The van der Waals surface area contributed by atoms with Gasteiger partial charge in [0, 0.05) is 6.54 Å². The van der Waals surface area contributed by atoms with Crippen molar-refractivity contribution >= 4 is 17.5 Å². The number of carbonyl (C=O) groups excluding carboxylic acids is 1. The molecule has 0 aromatic heterocycles. The van der Waals surface area contributed by atoms with Crippen molar-refractivity contribution < 1.29 is 4.79 Å². The first-order chi connectivity index (χ1) is 8.11. The number of benzene rings is 1. The van der Waals surface area contributed by atoms with Gasteiger partial charge in [0.15, 0.2) is 0 Å². The minimum atomic E-state index is -0.588. The molecular formula is C14H20ClNO. The van der Waals surface area contributed by atoms with E-state index in [0.717, 1.165) is 18.4 Å². The Kier molecular flexibility index (Phi) is 6.06. The fraction of sp³-hybridized carbons (Fsp3) is 0.500. The van der Waals surface area contributed by atoms with E-state index in [1.54, 1.807) is 0 Å². The van der Waals surface area contributed by atoms with E-state index < -0.39 is 5.38 Å². The van der Waals surface area contributed by atoms with E-state index in [1.165, 1.54) is 0 Å². The molecule has 1 rings (SSSR count). The number of amides is 1. The number of alkyl halides is 1. The first kappa shape index (κ1) is 14.0. The quantitative estimate of drug-likeness (QED) is 0.610. The van der Waals surface area contributed by atoms with Gasteiger partial charge in [-0.25, -0.2) is 0 Å². The largest absolute Gasteiger partial charge is 0.355 e. The average molecular weight is 254 g/mol. The summed E-state index contributed by atoms with van der Waals surface area (Å²) in [5.74, 6) is 0.564. The Morgan fingerprint density at radius 2 is 1.94 bits per heavy atom. The summed E-state index contributed by atoms with van der Waals surface area (Å²) in [4.78, 5) is 11.7. The molecule has 17 heavy (non-hydrogen) atoms. The van der Waals surface area contributed by atoms with Crippen molar-refractivity contribution in [2.24, 2.45) is 5.92 Å². The third kappa shape index (κ3) is 5.22. The second kappa shape index (κ2) is 7.33. The third-order valence-electron chi connectivity index (χ3n) is 2.58. The summed E-state index contributed by atoms with van der Waals surface area (Å²) in [5, 5.41) is 2.28. The summed E-state index contributed by atoms with van der Waals surface area (Å²) in [6, 6.07) is 9.41. The van der Waals surface area contributed by atoms with Crippen LogP contribution in [0.1, 0.15) is 37.6 Å². The van der Waals surface area contributed by atoms with E-state index >= 15 is 0 Å². The molecule has 1 aromatic carbocycles. The molecular weight excluding hydrogens is 234 g/mol. The summed E-state index contributed by atoms with van der Waals surface area (Å²) in [6.07, 6.45) is 2.13. The highest BCUT2D eigenvalue weighted by molar-refractivity contribution is 6.30. The maximum atomic E-state index is 11.7. The topological polar surface area (TPSA) is 29.1 Å². The molecule has 1 N–H and O–H groups in total. The molecule has 2 nitrogen and oxygen atoms in total. The molecule has 3 heteroatoms. The molecule has 94 valence electrons. The second-order valence-electron chi connectivity index (χ2n) is 4.60. The Hall–Kier alpha value is -1.02. The van der Waals surface area contributed by atoms with Crippen LogP contribution in [-0.2, 0) is 4.79 Å². The summed E-state index contributed by atoms with van der Waals surface area (Å²) >= 11 is 6.09. The number of carbonyl (C=O) groups is 1. The number of nitrogens with one attached hydrogen (secondary N) is 1. The molecule has 0 spiro atoms. The van der Waals surface area contributed by atoms with Gasteiger partial charge in [0.2, 0.25) is 5.91 Å². The zero-order chi connectivity index (χ0) is 12.7. The predicted octanol–water partition coefficient (Wildman–Crippen LogP) is 3.52. The minimum absolute atomic E-state index is 0.110. The Bertz CT molecular complexity index is 337. The molecule has 1 unspecified atom stereocenters. The lowest BCUT2D eigenvalue weighted by Crippen LogP contribution is -2.28. The summed E-state index contributed by atoms with van der Waals surface area (Å²) in [5.41, 5.74) is 0.843. The van der Waals surface area contributed by atoms with Crippen molar-refractivity contribution in [1.29, 1.82) is 0 Å². The highest BCUT2D eigenvalue weighted by Gasteiger charge is 2.16. The highest BCUT2D eigenvalue weighted by atomic mass is 35.5. The van der Waals surface area contributed by atoms with Gasteiger partial charge in [-0.2, -0.15) is 0 Å². The van der Waals surface area contributed by atoms with Crippen molar-refractivity contribution in [2.45, 2.75) is 32.1 Å². The SMILES string of the molecule is CC(C)CCCNC(=O)C(Cl)c1ccccc1. The lowest BCUT2D eigenvalue weighted by Gasteiger charge is -2.11. The van der Waals surface area contributed by atoms with Crippen molar-refractivity contribution in [1.82, 2.24) is 5.32 Å². The third-order valence-corrected chi connectivity index (χ3v) is 3.03. The van der Waals surface area contributed by atoms with Gasteiger partial charge in [0.1, 0.15) is 5.38 Å². The molecule has 0 bridgehead atoms. The van der Waals surface area contributed by atoms with Gasteiger partial charge >= 0.3 is 0 Å². The molecule has 1 amide bonds. The molecule has 0 radical (unpaired) electrons. The summed E-state index contributed by atoms with van der Waals surface area (Å²) < 4.78 is 0. The lowest BCUT2D eigenvalue weighted by atomic mass is 10.1. The average Bonchev–Trinajstić information content (AvgIpc) is 2.34. The van der Waals surface area contributed by atoms with E-state index in [-0.39, 0.29) is 5.91 Å². The number of rotatable bonds is 6. The van der Waals surface area contributed by atoms with Crippen LogP contribution in [0.3, 0.4) is 0 Å². The van der Waals surface area contributed by atoms with Crippen LogP contribution in [-0.4, -0.2) is 12.5 Å². The molecule has 0 saturated carbocycles. The number of halogens is 1. The Labute approximate surface area is 108 Å². The molecule has 1 aromatic rings. The van der Waals surface area contributed by atoms with Gasteiger partial charge in [-0.05, 0) is 24.3 Å². The summed E-state index contributed by atoms with van der Waals surface area (Å²) in [6.45, 7) is 5.05. The maximum Gasteiger partial charge on any atom is 0.242 e. The van der Waals surface area contributed by atoms with Crippen molar-refractivity contribution in [3.63, 3.8) is 0 Å². The first-order valence-corrected chi connectivity index (χ1v) is 6.51. The Morgan fingerprint density at radius 3 is 2.53 bits per heavy atom. The molecule has 0 heterocycles. The fourth-order valence-electron chi connectivity index (χ4n) is 1.58. The van der Waals surface area contributed by atoms with Gasteiger partial charge in [0.25, 0.3) is 0 Å². The molecule has 1 atom stereocenters. The molecule has 0 aliphatic rings. The number of hydrogen-bond donors (Lipinski definition) is 1. The van der Waals surface area contributed by atoms with E-state index in [4.69, 9.17) is 11.6 Å². The number of hydrogen-bond acceptors (Lipinski definition) is 1. The second-order valence-corrected chi connectivity index (χ2v) is 5.04. The van der Waals surface area contributed by atoms with Gasteiger partial charge in [-0.3, -0.25) is 4.79 Å². The van der Waals surface area contributed by atoms with Crippen LogP contribution >= 0.6 is 11.6 Å². The molecule has 0 saturated heterocycles. The molecule has 0 aliphatic heterocycles. The van der Waals surface area contributed by atoms with Gasteiger partial charge in [-0.1, -0.05) is 44.2 Å². The van der Waals surface area contributed by atoms with Crippen LogP contribution in [0, 0.1) is 5.92 Å². The van der Waals surface area contributed by atoms with Crippen molar-refractivity contribution in [2.75, 3.05) is 6.54 Å². The van der Waals surface area contributed by atoms with Gasteiger partial charge in [0.05, 0.1) is 0 Å². The van der Waals surface area contributed by atoms with Crippen molar-refractivity contribution in [3.05, 3.63) is 35.9 Å². The fourth-order valence-corrected chi connectivity index (χ4v) is 1.81. The standard InChI is InChI=1S/C14H20ClNO/c1-11(2)7-6-10-16-14(17)13(15)12-8-4-3-5-9-12/h3-5,8-9,11,13H,6-7,10H2,1-2H3,(H,16,17). The van der Waals surface area contributed by atoms with Gasteiger partial charge < -0.3 is 5.32 Å². The van der Waals surface area contributed by atoms with Gasteiger partial charge in [-0.15, -0.1) is 11.6 Å². The van der Waals surface area contributed by atoms with Crippen LogP contribution in [0.2, 0.25) is 0 Å². The minimum Gasteiger partial charge on any atom is -0.355 e. The van der Waals surface area contributed by atoms with Crippen LogP contribution in [0.4, 0.5) is 0 Å². The first-order valence-electron chi connectivity index (χ1n) is 6.08.